The maximum atomic E-state index is 8.53. The molecule has 0 aliphatic rings. The third-order valence-corrected chi connectivity index (χ3v) is 1.24. The van der Waals surface area contributed by atoms with E-state index >= 15 is 0 Å². The summed E-state index contributed by atoms with van der Waals surface area (Å²) in [6.45, 7) is 1.69. The van der Waals surface area contributed by atoms with Gasteiger partial charge in [0, 0.05) is 0 Å². The highest BCUT2D eigenvalue weighted by atomic mass is 16.2. The molecule has 0 saturated carbocycles. The molecule has 0 aliphatic carbocycles. The van der Waals surface area contributed by atoms with Gasteiger partial charge in [-0.3, -0.25) is 0 Å². The van der Waals surface area contributed by atoms with Crippen molar-refractivity contribution in [2.24, 2.45) is 5.73 Å². The van der Waals surface area contributed by atoms with E-state index in [1.54, 1.807) is 0 Å². The average molecular weight is 130 g/mol. The molecule has 0 aromatic carbocycles. The van der Waals surface area contributed by atoms with E-state index in [0.29, 0.717) is 0 Å². The molecule has 0 aliphatic heterocycles. The molecular formula is C5H15BN2O. The lowest BCUT2D eigenvalue weighted by atomic mass is 10.2. The first-order chi connectivity index (χ1) is 4.31. The van der Waals surface area contributed by atoms with Crippen LogP contribution >= 0.6 is 0 Å². The third-order valence-electron chi connectivity index (χ3n) is 1.24. The highest BCUT2D eigenvalue weighted by molar-refractivity contribution is 6.21. The predicted octanol–water partition coefficient (Wildman–Crippen LogP) is -1.08. The molecule has 0 amide bonds. The molecule has 0 radical (unpaired) electrons. The van der Waals surface area contributed by atoms with Crippen LogP contribution in [0.3, 0.4) is 0 Å². The van der Waals surface area contributed by atoms with Crippen molar-refractivity contribution in [3.63, 3.8) is 0 Å². The number of nitrogens with zero attached hydrogens (tertiary/aromatic N) is 1. The molecule has 0 fully saturated rings. The van der Waals surface area contributed by atoms with Crippen molar-refractivity contribution in [2.45, 2.75) is 12.8 Å². The fourth-order valence-corrected chi connectivity index (χ4v) is 0.597. The van der Waals surface area contributed by atoms with Gasteiger partial charge in [-0.1, -0.05) is 0 Å². The van der Waals surface area contributed by atoms with Gasteiger partial charge in [0.2, 0.25) is 0 Å². The zero-order valence-electron chi connectivity index (χ0n) is 6.01. The summed E-state index contributed by atoms with van der Waals surface area (Å²) in [5, 5.41) is 8.53. The van der Waals surface area contributed by atoms with Gasteiger partial charge in [-0.25, -0.2) is 0 Å². The van der Waals surface area contributed by atoms with Crippen LogP contribution in [-0.4, -0.2) is 37.6 Å². The van der Waals surface area contributed by atoms with E-state index < -0.39 is 0 Å². The fraction of sp³-hybridized carbons (Fsp3) is 1.00. The zero-order valence-corrected chi connectivity index (χ0v) is 6.01. The largest absolute Gasteiger partial charge is 0.440 e. The Bertz CT molecular complexity index is 62.9. The Morgan fingerprint density at radius 3 is 2.67 bits per heavy atom. The van der Waals surface area contributed by atoms with Gasteiger partial charge in [-0.05, 0) is 33.0 Å². The van der Waals surface area contributed by atoms with E-state index in [4.69, 9.17) is 10.8 Å². The number of unbranched alkanes of at least 4 members (excludes halogenated alkanes) is 1. The second-order valence-corrected chi connectivity index (χ2v) is 2.22. The van der Waals surface area contributed by atoms with Gasteiger partial charge < -0.3 is 15.6 Å². The Morgan fingerprint density at radius 1 is 1.56 bits per heavy atom. The SMILES string of the molecule is CN(BO)CCCCN. The van der Waals surface area contributed by atoms with Gasteiger partial charge in [0.25, 0.3) is 0 Å². The number of nitrogens with two attached hydrogens (primary N) is 1. The molecule has 54 valence electrons. The monoisotopic (exact) mass is 130 g/mol. The van der Waals surface area contributed by atoms with Crippen LogP contribution in [-0.2, 0) is 0 Å². The molecule has 0 heterocycles. The summed E-state index contributed by atoms with van der Waals surface area (Å²) in [5.74, 6) is 0. The Morgan fingerprint density at radius 2 is 2.22 bits per heavy atom. The van der Waals surface area contributed by atoms with E-state index in [1.165, 1.54) is 0 Å². The molecule has 0 unspecified atom stereocenters. The molecule has 0 saturated heterocycles. The molecule has 0 atom stereocenters. The first-order valence-corrected chi connectivity index (χ1v) is 3.30. The summed E-state index contributed by atoms with van der Waals surface area (Å²) >= 11 is 0. The summed E-state index contributed by atoms with van der Waals surface area (Å²) < 4.78 is 0. The molecule has 3 nitrogen and oxygen atoms in total. The third kappa shape index (κ3) is 5.82. The molecule has 0 bridgehead atoms. The van der Waals surface area contributed by atoms with Crippen molar-refractivity contribution in [2.75, 3.05) is 20.1 Å². The predicted molar refractivity (Wildman–Crippen MR) is 40.3 cm³/mol. The summed E-state index contributed by atoms with van der Waals surface area (Å²) in [6, 6.07) is 0. The highest BCUT2D eigenvalue weighted by Crippen LogP contribution is 1.87. The van der Waals surface area contributed by atoms with Crippen LogP contribution in [0.4, 0.5) is 0 Å². The van der Waals surface area contributed by atoms with E-state index in [-0.39, 0.29) is 7.62 Å². The van der Waals surface area contributed by atoms with E-state index in [9.17, 15) is 0 Å². The van der Waals surface area contributed by atoms with Crippen LogP contribution < -0.4 is 5.73 Å². The van der Waals surface area contributed by atoms with Gasteiger partial charge in [0.15, 0.2) is 0 Å². The maximum absolute atomic E-state index is 8.53. The first kappa shape index (κ1) is 8.94. The van der Waals surface area contributed by atoms with Gasteiger partial charge >= 0.3 is 7.62 Å². The summed E-state index contributed by atoms with van der Waals surface area (Å²) in [4.78, 5) is 1.86. The van der Waals surface area contributed by atoms with Crippen LogP contribution in [0, 0.1) is 0 Å². The Kier molecular flexibility index (Phi) is 6.03. The minimum atomic E-state index is 0.143. The Hall–Kier alpha value is -0.0551. The second-order valence-electron chi connectivity index (χ2n) is 2.22. The van der Waals surface area contributed by atoms with E-state index in [0.717, 1.165) is 25.9 Å². The molecule has 0 rings (SSSR count). The molecular weight excluding hydrogens is 115 g/mol. The van der Waals surface area contributed by atoms with Crippen LogP contribution in [0.15, 0.2) is 0 Å². The van der Waals surface area contributed by atoms with E-state index in [1.807, 2.05) is 11.9 Å². The number of hydrogen-bond donors (Lipinski definition) is 2. The van der Waals surface area contributed by atoms with Crippen molar-refractivity contribution in [1.82, 2.24) is 4.81 Å². The van der Waals surface area contributed by atoms with Gasteiger partial charge in [-0.15, -0.1) is 0 Å². The molecule has 4 heteroatoms. The summed E-state index contributed by atoms with van der Waals surface area (Å²) in [5.41, 5.74) is 5.28. The molecule has 3 N–H and O–H groups in total. The smallest absolute Gasteiger partial charge is 0.360 e. The average Bonchev–Trinajstić information content (AvgIpc) is 1.89. The van der Waals surface area contributed by atoms with Gasteiger partial charge in [0.05, 0.1) is 0 Å². The maximum Gasteiger partial charge on any atom is 0.360 e. The van der Waals surface area contributed by atoms with E-state index in [2.05, 4.69) is 0 Å². The fourth-order valence-electron chi connectivity index (χ4n) is 0.597. The van der Waals surface area contributed by atoms with Gasteiger partial charge in [-0.2, -0.15) is 0 Å². The minimum Gasteiger partial charge on any atom is -0.440 e. The number of hydrogen-bond acceptors (Lipinski definition) is 3. The highest BCUT2D eigenvalue weighted by Gasteiger charge is 1.94. The van der Waals surface area contributed by atoms with Gasteiger partial charge in [0.1, 0.15) is 0 Å². The van der Waals surface area contributed by atoms with Crippen LogP contribution in [0.25, 0.3) is 0 Å². The lowest BCUT2D eigenvalue weighted by Crippen LogP contribution is -2.24. The minimum absolute atomic E-state index is 0.143. The topological polar surface area (TPSA) is 49.5 Å². The van der Waals surface area contributed by atoms with Crippen LogP contribution in [0.1, 0.15) is 12.8 Å². The lowest BCUT2D eigenvalue weighted by Gasteiger charge is -2.09. The van der Waals surface area contributed by atoms with Crippen molar-refractivity contribution < 1.29 is 5.02 Å². The summed E-state index contributed by atoms with van der Waals surface area (Å²) in [7, 11) is 2.03. The molecule has 0 spiro atoms. The van der Waals surface area contributed by atoms with Crippen LogP contribution in [0.5, 0.6) is 0 Å². The van der Waals surface area contributed by atoms with Crippen molar-refractivity contribution >= 4 is 7.62 Å². The Labute approximate surface area is 57.1 Å². The van der Waals surface area contributed by atoms with Crippen LogP contribution in [0.2, 0.25) is 0 Å². The van der Waals surface area contributed by atoms with Crippen molar-refractivity contribution in [3.8, 4) is 0 Å². The van der Waals surface area contributed by atoms with Crippen molar-refractivity contribution in [1.29, 1.82) is 0 Å². The second kappa shape index (κ2) is 6.07. The standard InChI is InChI=1S/C5H15BN2O/c1-8(6-9)5-3-2-4-7/h6,9H,2-5,7H2,1H3. The lowest BCUT2D eigenvalue weighted by molar-refractivity contribution is 0.431. The summed E-state index contributed by atoms with van der Waals surface area (Å²) in [6.07, 6.45) is 2.12. The number of rotatable bonds is 5. The molecule has 0 aromatic rings. The molecule has 0 aromatic heterocycles. The normalized spacial score (nSPS) is 10.2. The van der Waals surface area contributed by atoms with Crippen molar-refractivity contribution in [3.05, 3.63) is 0 Å². The zero-order chi connectivity index (χ0) is 7.11. The Balaban J connectivity index is 2.88. The quantitative estimate of drug-likeness (QED) is 0.367. The molecule has 9 heavy (non-hydrogen) atoms. The first-order valence-electron chi connectivity index (χ1n) is 3.30.